The van der Waals surface area contributed by atoms with Crippen LogP contribution in [0.5, 0.6) is 0 Å². The Bertz CT molecular complexity index is 731. The minimum atomic E-state index is -0.390. The van der Waals surface area contributed by atoms with Gasteiger partial charge in [-0.15, -0.1) is 0 Å². The number of hydrogen-bond donors (Lipinski definition) is 1. The number of benzene rings is 2. The highest BCUT2D eigenvalue weighted by atomic mass is 19.1. The Morgan fingerprint density at radius 1 is 1.16 bits per heavy atom. The van der Waals surface area contributed by atoms with Gasteiger partial charge in [-0.25, -0.2) is 9.07 Å². The molecule has 3 nitrogen and oxygen atoms in total. The summed E-state index contributed by atoms with van der Waals surface area (Å²) < 4.78 is 15.7. The van der Waals surface area contributed by atoms with Gasteiger partial charge in [-0.05, 0) is 25.1 Å². The number of nitrogens with zero attached hydrogens (tertiary/aromatic N) is 2. The molecule has 0 radical (unpaired) electrons. The van der Waals surface area contributed by atoms with E-state index in [-0.39, 0.29) is 11.9 Å². The molecule has 1 heterocycles. The first-order valence-electron chi connectivity index (χ1n) is 6.15. The van der Waals surface area contributed by atoms with Gasteiger partial charge in [0.05, 0.1) is 17.4 Å². The predicted molar refractivity (Wildman–Crippen MR) is 73.6 cm³/mol. The molecule has 96 valence electrons. The van der Waals surface area contributed by atoms with Crippen molar-refractivity contribution in [3.05, 3.63) is 60.0 Å². The van der Waals surface area contributed by atoms with Crippen LogP contribution in [0.3, 0.4) is 0 Å². The topological polar surface area (TPSA) is 43.8 Å². The first kappa shape index (κ1) is 11.9. The minimum absolute atomic E-state index is 0.299. The minimum Gasteiger partial charge on any atom is -0.324 e. The summed E-state index contributed by atoms with van der Waals surface area (Å²) >= 11 is 0. The number of fused-ring (bicyclic) bond motifs is 1. The molecule has 3 aromatic rings. The Morgan fingerprint density at radius 3 is 2.74 bits per heavy atom. The molecule has 1 atom stereocenters. The smallest absolute Gasteiger partial charge is 0.130 e. The molecule has 3 rings (SSSR count). The van der Waals surface area contributed by atoms with Gasteiger partial charge in [0.15, 0.2) is 0 Å². The lowest BCUT2D eigenvalue weighted by atomic mass is 10.1. The SMILES string of the molecule is C[C@@H](N)c1c(F)cccc1-n1ncc2ccccc21. The number of halogens is 1. The van der Waals surface area contributed by atoms with Crippen LogP contribution in [-0.4, -0.2) is 9.78 Å². The molecule has 0 aliphatic rings. The largest absolute Gasteiger partial charge is 0.324 e. The van der Waals surface area contributed by atoms with Gasteiger partial charge in [0.1, 0.15) is 5.82 Å². The van der Waals surface area contributed by atoms with Crippen LogP contribution in [0.25, 0.3) is 16.6 Å². The van der Waals surface area contributed by atoms with Crippen LogP contribution >= 0.6 is 0 Å². The third kappa shape index (κ3) is 1.90. The van der Waals surface area contributed by atoms with E-state index in [0.29, 0.717) is 11.3 Å². The quantitative estimate of drug-likeness (QED) is 0.764. The average molecular weight is 255 g/mol. The molecule has 0 unspecified atom stereocenters. The second kappa shape index (κ2) is 4.48. The van der Waals surface area contributed by atoms with E-state index in [1.807, 2.05) is 30.3 Å². The summed E-state index contributed by atoms with van der Waals surface area (Å²) in [6.07, 6.45) is 1.77. The zero-order valence-electron chi connectivity index (χ0n) is 10.5. The lowest BCUT2D eigenvalue weighted by Crippen LogP contribution is -2.12. The van der Waals surface area contributed by atoms with Crippen LogP contribution in [0.1, 0.15) is 18.5 Å². The third-order valence-electron chi connectivity index (χ3n) is 3.19. The van der Waals surface area contributed by atoms with Gasteiger partial charge in [-0.2, -0.15) is 5.10 Å². The molecule has 0 bridgehead atoms. The van der Waals surface area contributed by atoms with Gasteiger partial charge in [-0.3, -0.25) is 0 Å². The molecule has 2 N–H and O–H groups in total. The standard InChI is InChI=1S/C15H14FN3/c1-10(17)15-12(16)6-4-8-14(15)19-13-7-3-2-5-11(13)9-18-19/h2-10H,17H2,1H3/t10-/m1/s1. The summed E-state index contributed by atoms with van der Waals surface area (Å²) in [6, 6.07) is 12.4. The molecule has 0 saturated carbocycles. The zero-order chi connectivity index (χ0) is 13.4. The molecule has 1 aromatic heterocycles. The number of rotatable bonds is 2. The van der Waals surface area contributed by atoms with Crippen molar-refractivity contribution in [2.75, 3.05) is 0 Å². The summed E-state index contributed by atoms with van der Waals surface area (Å²) in [5, 5.41) is 5.36. The van der Waals surface area contributed by atoms with Crippen LogP contribution in [0.15, 0.2) is 48.7 Å². The van der Waals surface area contributed by atoms with Crippen LogP contribution in [0.2, 0.25) is 0 Å². The Kier molecular flexibility index (Phi) is 2.80. The van der Waals surface area contributed by atoms with E-state index in [4.69, 9.17) is 5.73 Å². The number of nitrogens with two attached hydrogens (primary N) is 1. The molecule has 0 aliphatic carbocycles. The van der Waals surface area contributed by atoms with Gasteiger partial charge < -0.3 is 5.73 Å². The number of para-hydroxylation sites is 1. The van der Waals surface area contributed by atoms with Crippen LogP contribution in [-0.2, 0) is 0 Å². The lowest BCUT2D eigenvalue weighted by Gasteiger charge is -2.14. The molecular weight excluding hydrogens is 241 g/mol. The molecule has 0 fully saturated rings. The number of hydrogen-bond acceptors (Lipinski definition) is 2. The maximum atomic E-state index is 14.0. The van der Waals surface area contributed by atoms with E-state index < -0.39 is 0 Å². The van der Waals surface area contributed by atoms with E-state index in [1.54, 1.807) is 23.9 Å². The Morgan fingerprint density at radius 2 is 1.95 bits per heavy atom. The third-order valence-corrected chi connectivity index (χ3v) is 3.19. The molecule has 2 aromatic carbocycles. The molecule has 4 heteroatoms. The molecule has 0 spiro atoms. The fourth-order valence-electron chi connectivity index (χ4n) is 2.32. The molecule has 0 saturated heterocycles. The average Bonchev–Trinajstić information content (AvgIpc) is 2.81. The van der Waals surface area contributed by atoms with Crippen molar-refractivity contribution < 1.29 is 4.39 Å². The van der Waals surface area contributed by atoms with Crippen molar-refractivity contribution >= 4 is 10.9 Å². The van der Waals surface area contributed by atoms with Crippen molar-refractivity contribution in [2.45, 2.75) is 13.0 Å². The zero-order valence-corrected chi connectivity index (χ0v) is 10.5. The van der Waals surface area contributed by atoms with Crippen molar-refractivity contribution in [3.63, 3.8) is 0 Å². The van der Waals surface area contributed by atoms with Gasteiger partial charge in [-0.1, -0.05) is 24.3 Å². The lowest BCUT2D eigenvalue weighted by molar-refractivity contribution is 0.590. The van der Waals surface area contributed by atoms with E-state index in [1.165, 1.54) is 6.07 Å². The van der Waals surface area contributed by atoms with Crippen LogP contribution in [0.4, 0.5) is 4.39 Å². The summed E-state index contributed by atoms with van der Waals surface area (Å²) in [7, 11) is 0. The first-order valence-corrected chi connectivity index (χ1v) is 6.15. The first-order chi connectivity index (χ1) is 9.18. The van der Waals surface area contributed by atoms with Crippen molar-refractivity contribution in [1.29, 1.82) is 0 Å². The Balaban J connectivity index is 2.30. The van der Waals surface area contributed by atoms with Gasteiger partial charge in [0, 0.05) is 17.0 Å². The van der Waals surface area contributed by atoms with Gasteiger partial charge >= 0.3 is 0 Å². The van der Waals surface area contributed by atoms with E-state index in [2.05, 4.69) is 5.10 Å². The van der Waals surface area contributed by atoms with Crippen molar-refractivity contribution in [2.24, 2.45) is 5.73 Å². The highest BCUT2D eigenvalue weighted by Crippen LogP contribution is 2.26. The predicted octanol–water partition coefficient (Wildman–Crippen LogP) is 3.18. The molecule has 19 heavy (non-hydrogen) atoms. The van der Waals surface area contributed by atoms with Crippen LogP contribution in [0, 0.1) is 5.82 Å². The van der Waals surface area contributed by atoms with Gasteiger partial charge in [0.25, 0.3) is 0 Å². The monoisotopic (exact) mass is 255 g/mol. The van der Waals surface area contributed by atoms with E-state index in [9.17, 15) is 4.39 Å². The van der Waals surface area contributed by atoms with E-state index >= 15 is 0 Å². The second-order valence-corrected chi connectivity index (χ2v) is 4.58. The fourth-order valence-corrected chi connectivity index (χ4v) is 2.32. The Hall–Kier alpha value is -2.20. The molecule has 0 aliphatic heterocycles. The maximum Gasteiger partial charge on any atom is 0.130 e. The summed E-state index contributed by atoms with van der Waals surface area (Å²) in [5.41, 5.74) is 8.00. The molecule has 0 amide bonds. The normalized spacial score (nSPS) is 12.8. The van der Waals surface area contributed by atoms with Crippen molar-refractivity contribution in [1.82, 2.24) is 9.78 Å². The molecular formula is C15H14FN3. The number of aromatic nitrogens is 2. The van der Waals surface area contributed by atoms with E-state index in [0.717, 1.165) is 10.9 Å². The highest BCUT2D eigenvalue weighted by molar-refractivity contribution is 5.80. The summed E-state index contributed by atoms with van der Waals surface area (Å²) in [6.45, 7) is 1.77. The Labute approximate surface area is 110 Å². The van der Waals surface area contributed by atoms with Gasteiger partial charge in [0.2, 0.25) is 0 Å². The highest BCUT2D eigenvalue weighted by Gasteiger charge is 2.15. The maximum absolute atomic E-state index is 14.0. The summed E-state index contributed by atoms with van der Waals surface area (Å²) in [4.78, 5) is 0. The van der Waals surface area contributed by atoms with Crippen LogP contribution < -0.4 is 5.73 Å². The summed E-state index contributed by atoms with van der Waals surface area (Å²) in [5.74, 6) is -0.299. The van der Waals surface area contributed by atoms with Crippen molar-refractivity contribution in [3.8, 4) is 5.69 Å². The second-order valence-electron chi connectivity index (χ2n) is 4.58. The fraction of sp³-hybridized carbons (Fsp3) is 0.133.